The molecule has 148 valence electrons. The van der Waals surface area contributed by atoms with Crippen molar-refractivity contribution < 1.29 is 13.2 Å². The number of anilines is 1. The number of sulfonamides is 1. The zero-order valence-corrected chi connectivity index (χ0v) is 16.7. The molecule has 0 saturated heterocycles. The average Bonchev–Trinajstić information content (AvgIpc) is 2.73. The van der Waals surface area contributed by atoms with Crippen LogP contribution in [0.2, 0.25) is 5.02 Å². The number of nitrogens with one attached hydrogen (secondary N) is 1. The largest absolute Gasteiger partial charge is 0.271 e. The van der Waals surface area contributed by atoms with Gasteiger partial charge in [-0.3, -0.25) is 14.1 Å². The summed E-state index contributed by atoms with van der Waals surface area (Å²) in [5.74, 6) is -0.614. The second-order valence-electron chi connectivity index (χ2n) is 5.85. The monoisotopic (exact) mass is 428 g/mol. The fourth-order valence-corrected chi connectivity index (χ4v) is 4.07. The Labute approximate surface area is 173 Å². The lowest BCUT2D eigenvalue weighted by atomic mass is 10.3. The number of halogens is 1. The predicted molar refractivity (Wildman–Crippen MR) is 112 cm³/mol. The Balaban J connectivity index is 1.84. The third kappa shape index (κ3) is 5.40. The van der Waals surface area contributed by atoms with Crippen molar-refractivity contribution in [3.8, 4) is 0 Å². The van der Waals surface area contributed by atoms with Gasteiger partial charge in [0.15, 0.2) is 0 Å². The second-order valence-corrected chi connectivity index (χ2v) is 8.15. The number of pyridine rings is 1. The Hall–Kier alpha value is -3.23. The van der Waals surface area contributed by atoms with E-state index in [0.29, 0.717) is 10.7 Å². The summed E-state index contributed by atoms with van der Waals surface area (Å²) < 4.78 is 27.2. The van der Waals surface area contributed by atoms with Gasteiger partial charge in [-0.05, 0) is 42.5 Å². The molecule has 0 aliphatic rings. The molecule has 2 aromatic carbocycles. The second kappa shape index (κ2) is 9.31. The lowest BCUT2D eigenvalue weighted by molar-refractivity contribution is -0.119. The first-order valence-electron chi connectivity index (χ1n) is 8.53. The molecule has 1 N–H and O–H groups in total. The number of benzene rings is 2. The molecule has 7 nitrogen and oxygen atoms in total. The highest BCUT2D eigenvalue weighted by Gasteiger charge is 2.27. The van der Waals surface area contributed by atoms with Gasteiger partial charge in [-0.25, -0.2) is 13.8 Å². The van der Waals surface area contributed by atoms with E-state index in [1.54, 1.807) is 60.8 Å². The highest BCUT2D eigenvalue weighted by molar-refractivity contribution is 7.92. The van der Waals surface area contributed by atoms with Crippen LogP contribution in [0.15, 0.2) is 89.0 Å². The number of hydrogen-bond donors (Lipinski definition) is 1. The van der Waals surface area contributed by atoms with E-state index in [2.05, 4.69) is 15.5 Å². The number of hydrogen-bond acceptors (Lipinski definition) is 5. The molecule has 0 bridgehead atoms. The highest BCUT2D eigenvalue weighted by atomic mass is 35.5. The van der Waals surface area contributed by atoms with Gasteiger partial charge in [0, 0.05) is 11.2 Å². The molecule has 29 heavy (non-hydrogen) atoms. The van der Waals surface area contributed by atoms with Crippen LogP contribution in [0.4, 0.5) is 5.69 Å². The van der Waals surface area contributed by atoms with Crippen LogP contribution < -0.4 is 9.73 Å². The maximum atomic E-state index is 13.1. The molecule has 0 unspecified atom stereocenters. The van der Waals surface area contributed by atoms with E-state index >= 15 is 0 Å². The average molecular weight is 429 g/mol. The molecule has 0 radical (unpaired) electrons. The van der Waals surface area contributed by atoms with Gasteiger partial charge >= 0.3 is 0 Å². The first kappa shape index (κ1) is 20.5. The Morgan fingerprint density at radius 2 is 1.83 bits per heavy atom. The normalized spacial score (nSPS) is 11.3. The van der Waals surface area contributed by atoms with Crippen LogP contribution in [-0.2, 0) is 14.8 Å². The van der Waals surface area contributed by atoms with Crippen molar-refractivity contribution in [1.29, 1.82) is 0 Å². The summed E-state index contributed by atoms with van der Waals surface area (Å²) in [6.07, 6.45) is 2.96. The minimum absolute atomic E-state index is 0.0600. The highest BCUT2D eigenvalue weighted by Crippen LogP contribution is 2.25. The molecule has 0 atom stereocenters. The SMILES string of the molecule is O=C(CN(c1cccc(Cl)c1)S(=O)(=O)c1ccccc1)N/N=C/c1ccccn1. The Morgan fingerprint density at radius 3 is 2.52 bits per heavy atom. The molecule has 1 amide bonds. The molecule has 3 rings (SSSR count). The Bertz CT molecular complexity index is 1110. The van der Waals surface area contributed by atoms with Crippen LogP contribution in [0.5, 0.6) is 0 Å². The molecule has 0 fully saturated rings. The third-order valence-electron chi connectivity index (χ3n) is 3.79. The zero-order valence-electron chi connectivity index (χ0n) is 15.1. The first-order chi connectivity index (χ1) is 14.0. The van der Waals surface area contributed by atoms with Gasteiger partial charge in [0.1, 0.15) is 6.54 Å². The van der Waals surface area contributed by atoms with Gasteiger partial charge in [-0.2, -0.15) is 5.10 Å². The summed E-state index contributed by atoms with van der Waals surface area (Å²) in [6.45, 7) is -0.475. The maximum Gasteiger partial charge on any atom is 0.264 e. The van der Waals surface area contributed by atoms with Crippen molar-refractivity contribution in [2.45, 2.75) is 4.90 Å². The number of rotatable bonds is 7. The van der Waals surface area contributed by atoms with E-state index in [9.17, 15) is 13.2 Å². The molecular formula is C20H17ClN4O3S. The molecule has 0 aliphatic heterocycles. The minimum atomic E-state index is -3.99. The van der Waals surface area contributed by atoms with Crippen LogP contribution in [0, 0.1) is 0 Å². The van der Waals surface area contributed by atoms with Crippen LogP contribution in [-0.4, -0.2) is 32.1 Å². The van der Waals surface area contributed by atoms with Gasteiger partial charge in [0.2, 0.25) is 0 Å². The van der Waals surface area contributed by atoms with Crippen molar-refractivity contribution in [2.75, 3.05) is 10.8 Å². The van der Waals surface area contributed by atoms with Crippen LogP contribution in [0.3, 0.4) is 0 Å². The number of aromatic nitrogens is 1. The molecule has 3 aromatic rings. The van der Waals surface area contributed by atoms with Gasteiger partial charge < -0.3 is 0 Å². The molecule has 0 spiro atoms. The van der Waals surface area contributed by atoms with E-state index in [-0.39, 0.29) is 10.6 Å². The van der Waals surface area contributed by atoms with E-state index in [1.165, 1.54) is 24.4 Å². The molecule has 1 heterocycles. The molecular weight excluding hydrogens is 412 g/mol. The number of carbonyl (C=O) groups excluding carboxylic acids is 1. The summed E-state index contributed by atoms with van der Waals surface area (Å²) in [6, 6.07) is 19.4. The van der Waals surface area contributed by atoms with Gasteiger partial charge in [0.25, 0.3) is 15.9 Å². The zero-order chi connectivity index (χ0) is 20.7. The summed E-state index contributed by atoms with van der Waals surface area (Å²) in [7, 11) is -3.99. The van der Waals surface area contributed by atoms with E-state index < -0.39 is 22.5 Å². The third-order valence-corrected chi connectivity index (χ3v) is 5.81. The summed E-state index contributed by atoms with van der Waals surface area (Å²) in [4.78, 5) is 16.5. The van der Waals surface area contributed by atoms with Crippen molar-refractivity contribution in [3.05, 3.63) is 89.7 Å². The van der Waals surface area contributed by atoms with Crippen LogP contribution in [0.1, 0.15) is 5.69 Å². The van der Waals surface area contributed by atoms with Crippen LogP contribution in [0.25, 0.3) is 0 Å². The first-order valence-corrected chi connectivity index (χ1v) is 10.3. The topological polar surface area (TPSA) is 91.7 Å². The molecule has 0 aliphatic carbocycles. The molecule has 9 heteroatoms. The van der Waals surface area contributed by atoms with Crippen molar-refractivity contribution >= 4 is 39.4 Å². The van der Waals surface area contributed by atoms with Crippen molar-refractivity contribution in [2.24, 2.45) is 5.10 Å². The Kier molecular flexibility index (Phi) is 6.58. The quantitative estimate of drug-likeness (QED) is 0.462. The van der Waals surface area contributed by atoms with Gasteiger partial charge in [-0.1, -0.05) is 41.9 Å². The number of amides is 1. The predicted octanol–water partition coefficient (Wildman–Crippen LogP) is 3.08. The number of nitrogens with zero attached hydrogens (tertiary/aromatic N) is 3. The standard InChI is InChI=1S/C20H17ClN4O3S/c21-16-7-6-9-18(13-16)25(29(27,28)19-10-2-1-3-11-19)15-20(26)24-23-14-17-8-4-5-12-22-17/h1-14H,15H2,(H,24,26)/b23-14+. The molecule has 0 saturated carbocycles. The number of carbonyl (C=O) groups is 1. The number of hydrazone groups is 1. The van der Waals surface area contributed by atoms with Crippen molar-refractivity contribution in [1.82, 2.24) is 10.4 Å². The maximum absolute atomic E-state index is 13.1. The summed E-state index contributed by atoms with van der Waals surface area (Å²) in [5.41, 5.74) is 3.14. The summed E-state index contributed by atoms with van der Waals surface area (Å²) in [5, 5.41) is 4.18. The lowest BCUT2D eigenvalue weighted by Crippen LogP contribution is -2.39. The fraction of sp³-hybridized carbons (Fsp3) is 0.0500. The fourth-order valence-electron chi connectivity index (χ4n) is 2.45. The molecule has 1 aromatic heterocycles. The lowest BCUT2D eigenvalue weighted by Gasteiger charge is -2.23. The van der Waals surface area contributed by atoms with Gasteiger partial charge in [-0.15, -0.1) is 0 Å². The van der Waals surface area contributed by atoms with E-state index in [0.717, 1.165) is 4.31 Å². The summed E-state index contributed by atoms with van der Waals surface area (Å²) >= 11 is 6.02. The van der Waals surface area contributed by atoms with E-state index in [4.69, 9.17) is 11.6 Å². The van der Waals surface area contributed by atoms with E-state index in [1.807, 2.05) is 0 Å². The Morgan fingerprint density at radius 1 is 1.07 bits per heavy atom. The smallest absolute Gasteiger partial charge is 0.264 e. The van der Waals surface area contributed by atoms with Crippen LogP contribution >= 0.6 is 11.6 Å². The van der Waals surface area contributed by atoms with Gasteiger partial charge in [0.05, 0.1) is 22.5 Å². The van der Waals surface area contributed by atoms with Crippen molar-refractivity contribution in [3.63, 3.8) is 0 Å². The minimum Gasteiger partial charge on any atom is -0.271 e.